The molecule has 0 spiro atoms. The van der Waals surface area contributed by atoms with E-state index in [9.17, 15) is 14.4 Å². The van der Waals surface area contributed by atoms with E-state index in [0.29, 0.717) is 41.0 Å². The van der Waals surface area contributed by atoms with Gasteiger partial charge in [0.15, 0.2) is 18.1 Å². The number of benzene rings is 2. The first-order valence-electron chi connectivity index (χ1n) is 11.3. The Kier molecular flexibility index (Phi) is 8.73. The quantitative estimate of drug-likeness (QED) is 0.435. The van der Waals surface area contributed by atoms with E-state index in [0.717, 1.165) is 19.3 Å². The molecule has 0 atom stereocenters. The Labute approximate surface area is 199 Å². The van der Waals surface area contributed by atoms with Crippen LogP contribution in [0, 0.1) is 11.8 Å². The average molecular weight is 470 g/mol. The molecule has 9 heteroatoms. The van der Waals surface area contributed by atoms with Gasteiger partial charge in [0.25, 0.3) is 11.8 Å². The van der Waals surface area contributed by atoms with Gasteiger partial charge in [-0.1, -0.05) is 19.9 Å². The topological polar surface area (TPSA) is 115 Å². The third-order valence-electron chi connectivity index (χ3n) is 5.11. The van der Waals surface area contributed by atoms with Gasteiger partial charge in [-0.2, -0.15) is 0 Å². The van der Waals surface area contributed by atoms with Gasteiger partial charge >= 0.3 is 0 Å². The molecule has 2 aromatic rings. The minimum atomic E-state index is -0.540. The second-order valence-corrected chi connectivity index (χ2v) is 8.48. The molecule has 3 N–H and O–H groups in total. The van der Waals surface area contributed by atoms with Crippen molar-refractivity contribution < 1.29 is 28.6 Å². The number of nitrogens with one attached hydrogen (secondary N) is 3. The van der Waals surface area contributed by atoms with Gasteiger partial charge in [0.2, 0.25) is 5.91 Å². The zero-order chi connectivity index (χ0) is 24.5. The van der Waals surface area contributed by atoms with Crippen molar-refractivity contribution in [3.05, 3.63) is 48.0 Å². The largest absolute Gasteiger partial charge is 0.493 e. The summed E-state index contributed by atoms with van der Waals surface area (Å²) in [4.78, 5) is 36.4. The number of amides is 3. The molecule has 2 aromatic carbocycles. The molecule has 0 radical (unpaired) electrons. The number of carbonyl (C=O) groups excluding carboxylic acids is 3. The molecular weight excluding hydrogens is 438 g/mol. The lowest BCUT2D eigenvalue weighted by atomic mass is 10.1. The standard InChI is InChI=1S/C25H31N3O6/c1-16(2)11-12-33-21-10-9-18(13-22(21)32-3)25(31)28-27-23(29)15-34-20-6-4-5-19(14-20)26-24(30)17-7-8-17/h4-6,9-10,13-14,16-17H,7-8,11-12,15H2,1-3H3,(H,26,30)(H,27,29)(H,28,31). The van der Waals surface area contributed by atoms with Crippen molar-refractivity contribution in [3.63, 3.8) is 0 Å². The fourth-order valence-electron chi connectivity index (χ4n) is 2.97. The maximum absolute atomic E-state index is 12.4. The molecule has 0 aromatic heterocycles. The Hall–Kier alpha value is -3.75. The highest BCUT2D eigenvalue weighted by molar-refractivity contribution is 5.96. The molecule has 1 aliphatic rings. The highest BCUT2D eigenvalue weighted by atomic mass is 16.5. The molecule has 0 bridgehead atoms. The number of hydrazine groups is 1. The first-order chi connectivity index (χ1) is 16.4. The molecule has 1 aliphatic carbocycles. The van der Waals surface area contributed by atoms with Gasteiger partial charge < -0.3 is 19.5 Å². The third-order valence-corrected chi connectivity index (χ3v) is 5.11. The smallest absolute Gasteiger partial charge is 0.276 e. The van der Waals surface area contributed by atoms with Gasteiger partial charge in [0.1, 0.15) is 5.75 Å². The number of hydrogen-bond acceptors (Lipinski definition) is 6. The Morgan fingerprint density at radius 2 is 1.79 bits per heavy atom. The van der Waals surface area contributed by atoms with Crippen LogP contribution in [0.25, 0.3) is 0 Å². The summed E-state index contributed by atoms with van der Waals surface area (Å²) in [5.41, 5.74) is 5.57. The molecule has 182 valence electrons. The lowest BCUT2D eigenvalue weighted by molar-refractivity contribution is -0.123. The maximum Gasteiger partial charge on any atom is 0.276 e. The second-order valence-electron chi connectivity index (χ2n) is 8.48. The first kappa shape index (κ1) is 24.9. The van der Waals surface area contributed by atoms with Crippen molar-refractivity contribution in [1.29, 1.82) is 0 Å². The van der Waals surface area contributed by atoms with Gasteiger partial charge in [-0.15, -0.1) is 0 Å². The number of hydrogen-bond donors (Lipinski definition) is 3. The monoisotopic (exact) mass is 469 g/mol. The van der Waals surface area contributed by atoms with Crippen molar-refractivity contribution >= 4 is 23.4 Å². The molecule has 1 saturated carbocycles. The van der Waals surface area contributed by atoms with Crippen molar-refractivity contribution in [2.45, 2.75) is 33.1 Å². The Bertz CT molecular complexity index is 1020. The van der Waals surface area contributed by atoms with E-state index in [4.69, 9.17) is 14.2 Å². The number of methoxy groups -OCH3 is 1. The number of rotatable bonds is 11. The SMILES string of the molecule is COc1cc(C(=O)NNC(=O)COc2cccc(NC(=O)C3CC3)c2)ccc1OCCC(C)C. The van der Waals surface area contributed by atoms with E-state index >= 15 is 0 Å². The summed E-state index contributed by atoms with van der Waals surface area (Å²) in [5, 5.41) is 2.82. The van der Waals surface area contributed by atoms with Crippen LogP contribution in [0.4, 0.5) is 5.69 Å². The van der Waals surface area contributed by atoms with E-state index in [2.05, 4.69) is 30.0 Å². The van der Waals surface area contributed by atoms with E-state index < -0.39 is 11.8 Å². The van der Waals surface area contributed by atoms with Gasteiger partial charge in [0, 0.05) is 23.2 Å². The second kappa shape index (κ2) is 11.9. The zero-order valence-electron chi connectivity index (χ0n) is 19.7. The predicted octanol–water partition coefficient (Wildman–Crippen LogP) is 3.31. The summed E-state index contributed by atoms with van der Waals surface area (Å²) in [6.07, 6.45) is 2.73. The lowest BCUT2D eigenvalue weighted by Crippen LogP contribution is -2.43. The summed E-state index contributed by atoms with van der Waals surface area (Å²) in [7, 11) is 1.50. The lowest BCUT2D eigenvalue weighted by Gasteiger charge is -2.13. The van der Waals surface area contributed by atoms with Crippen LogP contribution in [-0.2, 0) is 9.59 Å². The predicted molar refractivity (Wildman–Crippen MR) is 127 cm³/mol. The van der Waals surface area contributed by atoms with Crippen LogP contribution >= 0.6 is 0 Å². The summed E-state index contributed by atoms with van der Waals surface area (Å²) >= 11 is 0. The molecule has 3 amide bonds. The van der Waals surface area contributed by atoms with Crippen molar-refractivity contribution in [2.24, 2.45) is 11.8 Å². The Morgan fingerprint density at radius 1 is 1.00 bits per heavy atom. The summed E-state index contributed by atoms with van der Waals surface area (Å²) in [6, 6.07) is 11.6. The number of anilines is 1. The first-order valence-corrected chi connectivity index (χ1v) is 11.3. The van der Waals surface area contributed by atoms with Gasteiger partial charge in [-0.3, -0.25) is 25.2 Å². The number of carbonyl (C=O) groups is 3. The Morgan fingerprint density at radius 3 is 2.50 bits per heavy atom. The fourth-order valence-corrected chi connectivity index (χ4v) is 2.97. The molecule has 0 saturated heterocycles. The van der Waals surface area contributed by atoms with Gasteiger partial charge in [-0.25, -0.2) is 0 Å². The molecular formula is C25H31N3O6. The van der Waals surface area contributed by atoms with Gasteiger partial charge in [0.05, 0.1) is 13.7 Å². The minimum absolute atomic E-state index is 0.00982. The third kappa shape index (κ3) is 7.68. The van der Waals surface area contributed by atoms with E-state index in [1.807, 2.05) is 0 Å². The fraction of sp³-hybridized carbons (Fsp3) is 0.400. The normalized spacial score (nSPS) is 12.6. The molecule has 0 aliphatic heterocycles. The van der Waals surface area contributed by atoms with Crippen LogP contribution in [0.15, 0.2) is 42.5 Å². The van der Waals surface area contributed by atoms with Crippen LogP contribution < -0.4 is 30.4 Å². The summed E-state index contributed by atoms with van der Waals surface area (Å²) in [5.74, 6) is 0.949. The van der Waals surface area contributed by atoms with Crippen LogP contribution in [0.5, 0.6) is 17.2 Å². The van der Waals surface area contributed by atoms with Crippen LogP contribution in [0.1, 0.15) is 43.5 Å². The number of ether oxygens (including phenoxy) is 3. The molecule has 0 heterocycles. The van der Waals surface area contributed by atoms with Crippen molar-refractivity contribution in [3.8, 4) is 17.2 Å². The van der Waals surface area contributed by atoms with E-state index in [-0.39, 0.29) is 18.4 Å². The summed E-state index contributed by atoms with van der Waals surface area (Å²) < 4.78 is 16.5. The van der Waals surface area contributed by atoms with Gasteiger partial charge in [-0.05, 0) is 55.5 Å². The highest BCUT2D eigenvalue weighted by Crippen LogP contribution is 2.31. The van der Waals surface area contributed by atoms with E-state index in [1.54, 1.807) is 42.5 Å². The molecule has 0 unspecified atom stereocenters. The highest BCUT2D eigenvalue weighted by Gasteiger charge is 2.29. The zero-order valence-corrected chi connectivity index (χ0v) is 19.7. The van der Waals surface area contributed by atoms with Crippen molar-refractivity contribution in [1.82, 2.24) is 10.9 Å². The molecule has 9 nitrogen and oxygen atoms in total. The molecule has 1 fully saturated rings. The Balaban J connectivity index is 1.45. The minimum Gasteiger partial charge on any atom is -0.493 e. The van der Waals surface area contributed by atoms with Crippen LogP contribution in [0.2, 0.25) is 0 Å². The van der Waals surface area contributed by atoms with Crippen LogP contribution in [-0.4, -0.2) is 38.0 Å². The maximum atomic E-state index is 12.4. The summed E-state index contributed by atoms with van der Waals surface area (Å²) in [6.45, 7) is 4.46. The van der Waals surface area contributed by atoms with E-state index in [1.165, 1.54) is 7.11 Å². The molecule has 3 rings (SSSR count). The van der Waals surface area contributed by atoms with Crippen molar-refractivity contribution in [2.75, 3.05) is 25.6 Å². The molecule has 34 heavy (non-hydrogen) atoms. The average Bonchev–Trinajstić information content (AvgIpc) is 3.67. The van der Waals surface area contributed by atoms with Crippen LogP contribution in [0.3, 0.4) is 0 Å².